The second-order valence-electron chi connectivity index (χ2n) is 7.25. The van der Waals surface area contributed by atoms with Crippen molar-refractivity contribution < 1.29 is 14.6 Å². The predicted molar refractivity (Wildman–Crippen MR) is 108 cm³/mol. The van der Waals surface area contributed by atoms with Crippen molar-refractivity contribution in [2.75, 3.05) is 31.1 Å². The number of hydrogen-bond donors (Lipinski definition) is 2. The average molecular weight is 379 g/mol. The van der Waals surface area contributed by atoms with Crippen LogP contribution in [0.4, 0.5) is 11.4 Å². The number of carbonyl (C=O) groups excluding carboxylic acids is 1. The first-order valence-corrected chi connectivity index (χ1v) is 9.49. The zero-order valence-corrected chi connectivity index (χ0v) is 15.7. The van der Waals surface area contributed by atoms with Crippen LogP contribution < -0.4 is 9.80 Å². The summed E-state index contributed by atoms with van der Waals surface area (Å²) in [7, 11) is 0. The Morgan fingerprint density at radius 2 is 1.82 bits per heavy atom. The number of hydrogen-bond acceptors (Lipinski definition) is 4. The van der Waals surface area contributed by atoms with E-state index in [0.717, 1.165) is 48.3 Å². The molecule has 1 aliphatic rings. The van der Waals surface area contributed by atoms with Gasteiger partial charge in [-0.1, -0.05) is 18.2 Å². The van der Waals surface area contributed by atoms with Crippen molar-refractivity contribution in [1.29, 1.82) is 0 Å². The van der Waals surface area contributed by atoms with Gasteiger partial charge in [-0.05, 0) is 25.1 Å². The number of H-pyrrole nitrogens is 1. The monoisotopic (exact) mass is 379 g/mol. The summed E-state index contributed by atoms with van der Waals surface area (Å²) in [5.41, 5.74) is 2.83. The molecule has 0 bridgehead atoms. The number of aromatic amines is 1. The topological polar surface area (TPSA) is 83.7 Å². The molecule has 7 nitrogen and oxygen atoms in total. The molecule has 0 spiro atoms. The summed E-state index contributed by atoms with van der Waals surface area (Å²) in [6.45, 7) is 5.34. The Morgan fingerprint density at radius 3 is 2.50 bits per heavy atom. The Morgan fingerprint density at radius 1 is 1.14 bits per heavy atom. The third-order valence-electron chi connectivity index (χ3n) is 5.69. The number of carbonyl (C=O) groups is 1. The molecule has 2 N–H and O–H groups in total. The number of quaternary nitrogens is 1. The van der Waals surface area contributed by atoms with E-state index in [1.165, 1.54) is 17.0 Å². The van der Waals surface area contributed by atoms with Crippen molar-refractivity contribution in [3.63, 3.8) is 0 Å². The molecule has 1 fully saturated rings. The summed E-state index contributed by atoms with van der Waals surface area (Å²) in [5.74, 6) is 0.163. The van der Waals surface area contributed by atoms with Crippen molar-refractivity contribution in [2.24, 2.45) is 0 Å². The van der Waals surface area contributed by atoms with Crippen LogP contribution in [0.2, 0.25) is 0 Å². The standard InChI is InChI=1S/C21H22N4O3/c1-15(21(26)19-14-22-20-5-3-2-4-18(19)20)23-10-12-24(13-11-23)16-6-8-17(9-7-16)25(27)28/h2-9,14-15,22H,10-13H2,1H3/p+1/t15-/m0/s1. The van der Waals surface area contributed by atoms with Crippen molar-refractivity contribution in [3.05, 3.63) is 70.4 Å². The number of ketones is 1. The summed E-state index contributed by atoms with van der Waals surface area (Å²) in [6, 6.07) is 14.4. The number of nitrogens with zero attached hydrogens (tertiary/aromatic N) is 2. The first-order valence-electron chi connectivity index (χ1n) is 9.49. The summed E-state index contributed by atoms with van der Waals surface area (Å²) in [5, 5.41) is 11.8. The maximum Gasteiger partial charge on any atom is 0.269 e. The van der Waals surface area contributed by atoms with Gasteiger partial charge in [-0.15, -0.1) is 0 Å². The molecule has 0 saturated carbocycles. The van der Waals surface area contributed by atoms with Gasteiger partial charge in [0, 0.05) is 40.5 Å². The maximum atomic E-state index is 13.1. The second kappa shape index (κ2) is 7.44. The summed E-state index contributed by atoms with van der Waals surface area (Å²) in [4.78, 5) is 30.1. The number of nitro benzene ring substituents is 1. The average Bonchev–Trinajstić information content (AvgIpc) is 3.17. The molecule has 144 valence electrons. The summed E-state index contributed by atoms with van der Waals surface area (Å²) >= 11 is 0. The Labute approximate surface area is 162 Å². The molecule has 1 aliphatic heterocycles. The van der Waals surface area contributed by atoms with Crippen LogP contribution in [0.1, 0.15) is 17.3 Å². The molecule has 1 atom stereocenters. The summed E-state index contributed by atoms with van der Waals surface area (Å²) in [6.07, 6.45) is 1.82. The van der Waals surface area contributed by atoms with E-state index in [0.29, 0.717) is 0 Å². The van der Waals surface area contributed by atoms with E-state index in [1.807, 2.05) is 37.4 Å². The molecule has 0 unspecified atom stereocenters. The minimum atomic E-state index is -0.385. The van der Waals surface area contributed by atoms with E-state index < -0.39 is 0 Å². The fourth-order valence-electron chi connectivity index (χ4n) is 3.96. The van der Waals surface area contributed by atoms with E-state index in [2.05, 4.69) is 9.88 Å². The molecular weight excluding hydrogens is 356 g/mol. The zero-order valence-electron chi connectivity index (χ0n) is 15.7. The van der Waals surface area contributed by atoms with Gasteiger partial charge < -0.3 is 14.8 Å². The highest BCUT2D eigenvalue weighted by atomic mass is 16.6. The third-order valence-corrected chi connectivity index (χ3v) is 5.69. The van der Waals surface area contributed by atoms with Gasteiger partial charge in [0.05, 0.1) is 31.1 Å². The van der Waals surface area contributed by atoms with Crippen LogP contribution in [0.25, 0.3) is 10.9 Å². The van der Waals surface area contributed by atoms with Gasteiger partial charge in [0.15, 0.2) is 0 Å². The molecule has 2 heterocycles. The highest BCUT2D eigenvalue weighted by molar-refractivity contribution is 6.09. The van der Waals surface area contributed by atoms with Gasteiger partial charge in [0.25, 0.3) is 5.69 Å². The molecule has 0 amide bonds. The Hall–Kier alpha value is -3.19. The zero-order chi connectivity index (χ0) is 19.7. The number of piperazine rings is 1. The summed E-state index contributed by atoms with van der Waals surface area (Å²) < 4.78 is 0. The van der Waals surface area contributed by atoms with Crippen molar-refractivity contribution in [3.8, 4) is 0 Å². The molecule has 0 radical (unpaired) electrons. The SMILES string of the molecule is C[C@@H](C(=O)c1c[nH]c2ccccc12)[NH+]1CCN(c2ccc([N+](=O)[O-])cc2)CC1. The molecule has 0 aliphatic carbocycles. The lowest BCUT2D eigenvalue weighted by molar-refractivity contribution is -0.914. The van der Waals surface area contributed by atoms with E-state index in [1.54, 1.807) is 12.1 Å². The largest absolute Gasteiger partial charge is 0.360 e. The fraction of sp³-hybridized carbons (Fsp3) is 0.286. The van der Waals surface area contributed by atoms with Crippen molar-refractivity contribution >= 4 is 28.1 Å². The smallest absolute Gasteiger partial charge is 0.269 e. The molecule has 7 heteroatoms. The van der Waals surface area contributed by atoms with Crippen LogP contribution in [0.15, 0.2) is 54.7 Å². The normalized spacial score (nSPS) is 16.2. The van der Waals surface area contributed by atoms with Gasteiger partial charge in [0.1, 0.15) is 6.04 Å². The van der Waals surface area contributed by atoms with Crippen molar-refractivity contribution in [2.45, 2.75) is 13.0 Å². The number of para-hydroxylation sites is 1. The van der Waals surface area contributed by atoms with Crippen LogP contribution in [-0.4, -0.2) is 47.9 Å². The highest BCUT2D eigenvalue weighted by Crippen LogP contribution is 2.20. The van der Waals surface area contributed by atoms with E-state index >= 15 is 0 Å². The molecule has 1 saturated heterocycles. The van der Waals surface area contributed by atoms with E-state index in [9.17, 15) is 14.9 Å². The minimum absolute atomic E-state index is 0.103. The fourth-order valence-corrected chi connectivity index (χ4v) is 3.96. The van der Waals surface area contributed by atoms with Gasteiger partial charge >= 0.3 is 0 Å². The van der Waals surface area contributed by atoms with Crippen molar-refractivity contribution in [1.82, 2.24) is 4.98 Å². The number of aromatic nitrogens is 1. The molecule has 2 aromatic carbocycles. The van der Waals surface area contributed by atoms with Gasteiger partial charge in [-0.2, -0.15) is 0 Å². The van der Waals surface area contributed by atoms with E-state index in [-0.39, 0.29) is 22.4 Å². The number of fused-ring (bicyclic) bond motifs is 1. The molecule has 3 aromatic rings. The van der Waals surface area contributed by atoms with Crippen LogP contribution in [0.5, 0.6) is 0 Å². The van der Waals surface area contributed by atoms with Crippen LogP contribution in [0, 0.1) is 10.1 Å². The lowest BCUT2D eigenvalue weighted by atomic mass is 10.0. The van der Waals surface area contributed by atoms with E-state index in [4.69, 9.17) is 0 Å². The first kappa shape index (κ1) is 18.2. The lowest BCUT2D eigenvalue weighted by Gasteiger charge is -2.36. The van der Waals surface area contributed by atoms with Crippen LogP contribution in [0.3, 0.4) is 0 Å². The first-order chi connectivity index (χ1) is 13.5. The van der Waals surface area contributed by atoms with Gasteiger partial charge in [-0.25, -0.2) is 0 Å². The van der Waals surface area contributed by atoms with Gasteiger partial charge in [-0.3, -0.25) is 14.9 Å². The van der Waals surface area contributed by atoms with Gasteiger partial charge in [0.2, 0.25) is 5.78 Å². The number of Topliss-reactive ketones (excluding diaryl/α,β-unsaturated/α-hetero) is 1. The molecule has 28 heavy (non-hydrogen) atoms. The molecule has 1 aromatic heterocycles. The van der Waals surface area contributed by atoms with Crippen LogP contribution in [-0.2, 0) is 0 Å². The number of nitro groups is 1. The number of non-ortho nitro benzene ring substituents is 1. The number of nitrogens with one attached hydrogen (secondary N) is 2. The predicted octanol–water partition coefficient (Wildman–Crippen LogP) is 2.05. The number of rotatable bonds is 5. The maximum absolute atomic E-state index is 13.1. The quantitative estimate of drug-likeness (QED) is 0.404. The Bertz CT molecular complexity index is 1000. The Kier molecular flexibility index (Phi) is 4.83. The highest BCUT2D eigenvalue weighted by Gasteiger charge is 2.31. The number of benzene rings is 2. The Balaban J connectivity index is 1.41. The lowest BCUT2D eigenvalue weighted by Crippen LogP contribution is -3.18. The molecular formula is C21H23N4O3+. The minimum Gasteiger partial charge on any atom is -0.360 e. The van der Waals surface area contributed by atoms with Crippen LogP contribution >= 0.6 is 0 Å². The number of anilines is 1. The third kappa shape index (κ3) is 3.36. The molecule has 4 rings (SSSR count). The second-order valence-corrected chi connectivity index (χ2v) is 7.25.